The summed E-state index contributed by atoms with van der Waals surface area (Å²) < 4.78 is 0. The molecule has 1 aliphatic heterocycles. The van der Waals surface area contributed by atoms with Gasteiger partial charge in [-0.1, -0.05) is 0 Å². The highest BCUT2D eigenvalue weighted by Gasteiger charge is 2.45. The third kappa shape index (κ3) is 1.50. The number of hydrogen-bond acceptors (Lipinski definition) is 4. The minimum absolute atomic E-state index is 0.340. The van der Waals surface area contributed by atoms with Gasteiger partial charge < -0.3 is 20.2 Å². The molecular formula is C11H12ClNO4. The lowest BCUT2D eigenvalue weighted by Crippen LogP contribution is -2.34. The standard InChI is InChI=1S/C11H12ClNO4/c1-11(12)5-3-7(10(16)17)13(2)6(5)4-8(14)9(11)15/h3-4,7,14-15H,1-2H3,(H,16,17). The molecule has 92 valence electrons. The molecule has 2 unspecified atom stereocenters. The molecule has 0 saturated heterocycles. The Morgan fingerprint density at radius 1 is 1.53 bits per heavy atom. The van der Waals surface area contributed by atoms with Gasteiger partial charge in [0.15, 0.2) is 11.5 Å². The first kappa shape index (κ1) is 11.9. The minimum Gasteiger partial charge on any atom is -0.506 e. The summed E-state index contributed by atoms with van der Waals surface area (Å²) >= 11 is 6.16. The number of aliphatic carboxylic acids is 1. The van der Waals surface area contributed by atoms with Crippen LogP contribution in [0.15, 0.2) is 34.9 Å². The van der Waals surface area contributed by atoms with Gasteiger partial charge in [-0.3, -0.25) is 0 Å². The van der Waals surface area contributed by atoms with Crippen LogP contribution in [0.1, 0.15) is 6.92 Å². The van der Waals surface area contributed by atoms with Crippen LogP contribution in [0.3, 0.4) is 0 Å². The number of allylic oxidation sites excluding steroid dienone is 3. The van der Waals surface area contributed by atoms with Gasteiger partial charge in [0.25, 0.3) is 0 Å². The van der Waals surface area contributed by atoms with E-state index in [4.69, 9.17) is 16.7 Å². The molecule has 0 amide bonds. The van der Waals surface area contributed by atoms with Crippen molar-refractivity contribution in [2.24, 2.45) is 0 Å². The summed E-state index contributed by atoms with van der Waals surface area (Å²) in [6.07, 6.45) is 2.79. The lowest BCUT2D eigenvalue weighted by molar-refractivity contribution is -0.140. The van der Waals surface area contributed by atoms with Crippen LogP contribution in [-0.4, -0.2) is 44.2 Å². The van der Waals surface area contributed by atoms with E-state index in [0.717, 1.165) is 0 Å². The van der Waals surface area contributed by atoms with Crippen molar-refractivity contribution in [3.05, 3.63) is 34.9 Å². The van der Waals surface area contributed by atoms with E-state index in [1.807, 2.05) is 0 Å². The average Bonchev–Trinajstić information content (AvgIpc) is 2.55. The van der Waals surface area contributed by atoms with Gasteiger partial charge in [0.2, 0.25) is 0 Å². The Kier molecular flexibility index (Phi) is 2.39. The Bertz CT molecular complexity index is 490. The fourth-order valence-electron chi connectivity index (χ4n) is 2.07. The van der Waals surface area contributed by atoms with Gasteiger partial charge in [0.05, 0.1) is 0 Å². The van der Waals surface area contributed by atoms with E-state index in [-0.39, 0.29) is 11.5 Å². The number of likely N-dealkylation sites (N-methyl/N-ethyl adjacent to an activating group) is 1. The van der Waals surface area contributed by atoms with Gasteiger partial charge in [0.1, 0.15) is 10.9 Å². The van der Waals surface area contributed by atoms with E-state index >= 15 is 0 Å². The van der Waals surface area contributed by atoms with Crippen molar-refractivity contribution in [1.82, 2.24) is 4.90 Å². The molecule has 1 aliphatic carbocycles. The Labute approximate surface area is 103 Å². The SMILES string of the molecule is CN1C2=CC(O)=C(O)C(C)(Cl)C2=CC1C(=O)O. The molecule has 1 heterocycles. The molecule has 3 N–H and O–H groups in total. The van der Waals surface area contributed by atoms with E-state index in [2.05, 4.69) is 0 Å². The van der Waals surface area contributed by atoms with Gasteiger partial charge in [0, 0.05) is 24.4 Å². The number of carboxylic acids is 1. The summed E-state index contributed by atoms with van der Waals surface area (Å²) in [5.41, 5.74) is 0.995. The predicted octanol–water partition coefficient (Wildman–Crippen LogP) is 1.53. The van der Waals surface area contributed by atoms with Crippen LogP contribution >= 0.6 is 11.6 Å². The molecule has 0 aromatic rings. The quantitative estimate of drug-likeness (QED) is 0.621. The number of fused-ring (bicyclic) bond motifs is 1. The third-order valence-corrected chi connectivity index (χ3v) is 3.50. The fourth-order valence-corrected chi connectivity index (χ4v) is 2.33. The largest absolute Gasteiger partial charge is 0.506 e. The molecule has 2 aliphatic rings. The number of aliphatic hydroxyl groups is 2. The molecule has 6 heteroatoms. The maximum Gasteiger partial charge on any atom is 0.330 e. The van der Waals surface area contributed by atoms with Crippen molar-refractivity contribution in [3.8, 4) is 0 Å². The zero-order valence-corrected chi connectivity index (χ0v) is 10.1. The second kappa shape index (κ2) is 3.43. The monoisotopic (exact) mass is 257 g/mol. The van der Waals surface area contributed by atoms with Crippen molar-refractivity contribution in [2.45, 2.75) is 17.8 Å². The molecule has 0 radical (unpaired) electrons. The molecule has 2 atom stereocenters. The smallest absolute Gasteiger partial charge is 0.330 e. The average molecular weight is 258 g/mol. The van der Waals surface area contributed by atoms with E-state index in [9.17, 15) is 15.0 Å². The van der Waals surface area contributed by atoms with Gasteiger partial charge in [-0.05, 0) is 13.0 Å². The number of nitrogens with zero attached hydrogens (tertiary/aromatic N) is 1. The summed E-state index contributed by atoms with van der Waals surface area (Å²) in [7, 11) is 1.59. The summed E-state index contributed by atoms with van der Waals surface area (Å²) in [6.45, 7) is 1.51. The van der Waals surface area contributed by atoms with Crippen molar-refractivity contribution in [3.63, 3.8) is 0 Å². The van der Waals surface area contributed by atoms with Crippen LogP contribution in [0.2, 0.25) is 0 Å². The lowest BCUT2D eigenvalue weighted by Gasteiger charge is -2.30. The van der Waals surface area contributed by atoms with Crippen molar-refractivity contribution >= 4 is 17.6 Å². The topological polar surface area (TPSA) is 81.0 Å². The first-order chi connectivity index (χ1) is 7.76. The highest BCUT2D eigenvalue weighted by atomic mass is 35.5. The fraction of sp³-hybridized carbons (Fsp3) is 0.364. The summed E-state index contributed by atoms with van der Waals surface area (Å²) in [6, 6.07) is -0.840. The first-order valence-corrected chi connectivity index (χ1v) is 5.36. The first-order valence-electron chi connectivity index (χ1n) is 4.98. The number of carboxylic acid groups (broad SMARTS) is 1. The maximum atomic E-state index is 11.0. The maximum absolute atomic E-state index is 11.0. The number of alkyl halides is 1. The zero-order valence-electron chi connectivity index (χ0n) is 9.31. The number of hydrogen-bond donors (Lipinski definition) is 3. The van der Waals surface area contributed by atoms with Crippen LogP contribution < -0.4 is 0 Å². The van der Waals surface area contributed by atoms with Gasteiger partial charge in [-0.2, -0.15) is 0 Å². The molecule has 0 fully saturated rings. The normalized spacial score (nSPS) is 32.2. The Balaban J connectivity index is 2.57. The molecule has 0 spiro atoms. The Morgan fingerprint density at radius 3 is 2.65 bits per heavy atom. The van der Waals surface area contributed by atoms with E-state index in [0.29, 0.717) is 11.3 Å². The van der Waals surface area contributed by atoms with Crippen molar-refractivity contribution < 1.29 is 20.1 Å². The molecule has 0 saturated carbocycles. The summed E-state index contributed by atoms with van der Waals surface area (Å²) in [5.74, 6) is -1.72. The molecule has 0 bridgehead atoms. The molecule has 2 rings (SSSR count). The van der Waals surface area contributed by atoms with Gasteiger partial charge in [-0.25, -0.2) is 4.79 Å². The molecule has 5 nitrogen and oxygen atoms in total. The summed E-state index contributed by atoms with van der Waals surface area (Å²) in [5, 5.41) is 28.3. The summed E-state index contributed by atoms with van der Waals surface area (Å²) in [4.78, 5) is 11.2. The lowest BCUT2D eigenvalue weighted by atomic mass is 9.90. The van der Waals surface area contributed by atoms with E-state index in [1.54, 1.807) is 7.05 Å². The number of halogens is 1. The second-order valence-electron chi connectivity index (χ2n) is 4.24. The zero-order chi connectivity index (χ0) is 13.0. The highest BCUT2D eigenvalue weighted by molar-refractivity contribution is 6.28. The third-order valence-electron chi connectivity index (χ3n) is 3.12. The number of rotatable bonds is 1. The van der Waals surface area contributed by atoms with Crippen LogP contribution in [0, 0.1) is 0 Å². The Hall–Kier alpha value is -1.62. The highest BCUT2D eigenvalue weighted by Crippen LogP contribution is 2.45. The van der Waals surface area contributed by atoms with E-state index in [1.165, 1.54) is 24.0 Å². The van der Waals surface area contributed by atoms with Gasteiger partial charge >= 0.3 is 5.97 Å². The van der Waals surface area contributed by atoms with Crippen molar-refractivity contribution in [2.75, 3.05) is 7.05 Å². The Morgan fingerprint density at radius 2 is 2.12 bits per heavy atom. The number of aliphatic hydroxyl groups excluding tert-OH is 2. The van der Waals surface area contributed by atoms with Crippen LogP contribution in [0.4, 0.5) is 0 Å². The van der Waals surface area contributed by atoms with Crippen molar-refractivity contribution in [1.29, 1.82) is 0 Å². The number of carbonyl (C=O) groups is 1. The molecule has 0 aromatic carbocycles. The molecule has 17 heavy (non-hydrogen) atoms. The predicted molar refractivity (Wildman–Crippen MR) is 61.9 cm³/mol. The van der Waals surface area contributed by atoms with E-state index < -0.39 is 16.9 Å². The molecular weight excluding hydrogens is 246 g/mol. The van der Waals surface area contributed by atoms with Crippen LogP contribution in [0.5, 0.6) is 0 Å². The van der Waals surface area contributed by atoms with Gasteiger partial charge in [-0.15, -0.1) is 11.6 Å². The van der Waals surface area contributed by atoms with Crippen LogP contribution in [-0.2, 0) is 4.79 Å². The molecule has 0 aromatic heterocycles. The minimum atomic E-state index is -1.30. The second-order valence-corrected chi connectivity index (χ2v) is 5.00. The van der Waals surface area contributed by atoms with Crippen LogP contribution in [0.25, 0.3) is 0 Å².